The van der Waals surface area contributed by atoms with E-state index in [0.717, 1.165) is 16.3 Å². The third-order valence-corrected chi connectivity index (χ3v) is 17.7. The number of thiazole rings is 2. The Bertz CT molecular complexity index is 3450. The standard InChI is InChI=1S/2C25H24ClF4N5O5S2/c1-42(37,38)40-19-4-2-3-14(26)22(19)20-10-15(33-39-20)17-12-41-25(31-17)13-5-7-34(8-6-13)21(36)11-35-18(24(29)30)9-16(32-35)23(27)28;26-15-3-1-2-14(12-42(37,38)39)22(15)20-9-16(33-40-20)18-11-41-25(31-18)13-4-6-34(7-5-13)21(36)10-35-19(24(29)30)8-17(32-35)23(27)28/h2-4,9,12-13,20,23-24H,5-8,10-11H2,1H3;1-3,8,11,13,20,23-24H,4-7,9-10,12H2,(H,37,38,39)/t2*20-/m11/s1. The van der Waals surface area contributed by atoms with Crippen molar-refractivity contribution in [1.82, 2.24) is 39.3 Å². The zero-order chi connectivity index (χ0) is 60.4. The lowest BCUT2D eigenvalue weighted by atomic mass is 9.97. The summed E-state index contributed by atoms with van der Waals surface area (Å²) in [4.78, 5) is 49.1. The minimum Gasteiger partial charge on any atom is -0.387 e. The van der Waals surface area contributed by atoms with Crippen LogP contribution in [-0.2, 0) is 58.3 Å². The second-order valence-electron chi connectivity index (χ2n) is 19.6. The number of amides is 2. The second kappa shape index (κ2) is 26.1. The number of aromatic nitrogens is 6. The van der Waals surface area contributed by atoms with Crippen LogP contribution in [0.5, 0.6) is 5.75 Å². The van der Waals surface area contributed by atoms with Gasteiger partial charge in [-0.25, -0.2) is 45.1 Å². The number of benzene rings is 2. The zero-order valence-corrected chi connectivity index (χ0v) is 48.4. The Hall–Kier alpha value is -6.32. The molecule has 4 aromatic heterocycles. The van der Waals surface area contributed by atoms with E-state index in [1.807, 2.05) is 10.8 Å². The molecule has 4 aliphatic rings. The molecule has 84 heavy (non-hydrogen) atoms. The molecule has 20 nitrogen and oxygen atoms in total. The first-order chi connectivity index (χ1) is 39.8. The van der Waals surface area contributed by atoms with Gasteiger partial charge in [-0.1, -0.05) is 51.7 Å². The van der Waals surface area contributed by atoms with Gasteiger partial charge in [0.2, 0.25) is 11.8 Å². The molecular weight excluding hydrogens is 1250 g/mol. The van der Waals surface area contributed by atoms with E-state index in [0.29, 0.717) is 113 Å². The highest BCUT2D eigenvalue weighted by atomic mass is 35.5. The fourth-order valence-electron chi connectivity index (χ4n) is 9.84. The molecule has 452 valence electrons. The second-order valence-corrected chi connectivity index (χ2v) is 25.2. The number of alkyl halides is 8. The lowest BCUT2D eigenvalue weighted by Gasteiger charge is -2.31. The van der Waals surface area contributed by atoms with E-state index in [-0.39, 0.29) is 40.5 Å². The van der Waals surface area contributed by atoms with Crippen LogP contribution in [0.25, 0.3) is 0 Å². The Balaban J connectivity index is 0.000000202. The van der Waals surface area contributed by atoms with E-state index in [1.165, 1.54) is 38.5 Å². The van der Waals surface area contributed by atoms with Crippen LogP contribution in [0.15, 0.2) is 69.6 Å². The van der Waals surface area contributed by atoms with Gasteiger partial charge >= 0.3 is 10.1 Å². The molecule has 2 amide bonds. The van der Waals surface area contributed by atoms with Crippen LogP contribution in [0, 0.1) is 0 Å². The first-order valence-electron chi connectivity index (χ1n) is 25.4. The number of nitrogens with zero attached hydrogens (tertiary/aromatic N) is 10. The Kier molecular flexibility index (Phi) is 19.3. The van der Waals surface area contributed by atoms with Gasteiger partial charge in [0.1, 0.15) is 53.0 Å². The number of halogens is 10. The number of carbonyl (C=O) groups excluding carboxylic acids is 2. The summed E-state index contributed by atoms with van der Waals surface area (Å²) in [5, 5.41) is 21.1. The van der Waals surface area contributed by atoms with Crippen molar-refractivity contribution in [3.63, 3.8) is 0 Å². The molecule has 0 radical (unpaired) electrons. The highest BCUT2D eigenvalue weighted by Gasteiger charge is 2.35. The first kappa shape index (κ1) is 62.2. The maximum Gasteiger partial charge on any atom is 0.306 e. The van der Waals surface area contributed by atoms with Gasteiger partial charge in [0.25, 0.3) is 35.8 Å². The summed E-state index contributed by atoms with van der Waals surface area (Å²) in [6.07, 6.45) is -9.73. The van der Waals surface area contributed by atoms with Gasteiger partial charge in [-0.2, -0.15) is 27.0 Å². The minimum absolute atomic E-state index is 0.0308. The number of carbonyl (C=O) groups is 2. The minimum atomic E-state index is -4.30. The quantitative estimate of drug-likeness (QED) is 0.0478. The molecule has 4 aliphatic heterocycles. The predicted octanol–water partition coefficient (Wildman–Crippen LogP) is 11.0. The van der Waals surface area contributed by atoms with Crippen molar-refractivity contribution in [3.8, 4) is 5.75 Å². The lowest BCUT2D eigenvalue weighted by Crippen LogP contribution is -2.40. The van der Waals surface area contributed by atoms with Crippen LogP contribution < -0.4 is 4.18 Å². The van der Waals surface area contributed by atoms with Crippen molar-refractivity contribution in [1.29, 1.82) is 0 Å². The molecule has 0 saturated carbocycles. The summed E-state index contributed by atoms with van der Waals surface area (Å²) in [5.41, 5.74) is 0.324. The van der Waals surface area contributed by atoms with Crippen LogP contribution in [-0.4, -0.2) is 116 Å². The van der Waals surface area contributed by atoms with Gasteiger partial charge in [-0.15, -0.1) is 22.7 Å². The molecule has 2 fully saturated rings. The van der Waals surface area contributed by atoms with Gasteiger partial charge < -0.3 is 23.7 Å². The van der Waals surface area contributed by atoms with Crippen molar-refractivity contribution in [2.45, 2.75) is 107 Å². The molecule has 34 heteroatoms. The zero-order valence-electron chi connectivity index (χ0n) is 43.6. The molecule has 2 atom stereocenters. The fraction of sp³-hybridized carbons (Fsp3) is 0.440. The van der Waals surface area contributed by atoms with Crippen molar-refractivity contribution in [2.75, 3.05) is 32.4 Å². The van der Waals surface area contributed by atoms with E-state index >= 15 is 0 Å². The summed E-state index contributed by atoms with van der Waals surface area (Å²) in [6, 6.07) is 10.6. The monoisotopic (exact) mass is 1300 g/mol. The Morgan fingerprint density at radius 1 is 0.667 bits per heavy atom. The van der Waals surface area contributed by atoms with Crippen LogP contribution in [0.1, 0.15) is 149 Å². The highest BCUT2D eigenvalue weighted by molar-refractivity contribution is 7.86. The number of hydrogen-bond acceptors (Lipinski definition) is 17. The molecule has 0 unspecified atom stereocenters. The van der Waals surface area contributed by atoms with Crippen molar-refractivity contribution in [2.24, 2.45) is 10.3 Å². The summed E-state index contributed by atoms with van der Waals surface area (Å²) in [5.74, 6) is -1.47. The predicted molar refractivity (Wildman–Crippen MR) is 289 cm³/mol. The molecule has 0 spiro atoms. The molecule has 0 aliphatic carbocycles. The fourth-order valence-corrected chi connectivity index (χ4v) is 13.6. The average Bonchev–Trinajstić information content (AvgIpc) is 4.50. The van der Waals surface area contributed by atoms with Crippen molar-refractivity contribution < 1.29 is 80.0 Å². The molecule has 6 aromatic rings. The molecule has 2 aromatic carbocycles. The summed E-state index contributed by atoms with van der Waals surface area (Å²) in [7, 11) is -8.10. The summed E-state index contributed by atoms with van der Waals surface area (Å²) < 4.78 is 167. The Morgan fingerprint density at radius 3 is 1.51 bits per heavy atom. The number of hydrogen-bond donors (Lipinski definition) is 1. The third kappa shape index (κ3) is 15.0. The largest absolute Gasteiger partial charge is 0.387 e. The van der Waals surface area contributed by atoms with E-state index in [9.17, 15) is 66.1 Å². The van der Waals surface area contributed by atoms with Gasteiger partial charge in [-0.05, 0) is 61.6 Å². The number of piperidine rings is 2. The number of rotatable bonds is 18. The molecule has 0 bridgehead atoms. The molecular formula is C50H48Cl2F8N10O10S4. The number of oxime groups is 2. The summed E-state index contributed by atoms with van der Waals surface area (Å²) >= 11 is 15.5. The maximum atomic E-state index is 13.3. The van der Waals surface area contributed by atoms with Crippen molar-refractivity contribution >= 4 is 89.3 Å². The van der Waals surface area contributed by atoms with Gasteiger partial charge in [0, 0.05) is 72.2 Å². The molecule has 2 saturated heterocycles. The Morgan fingerprint density at radius 2 is 1.10 bits per heavy atom. The van der Waals surface area contributed by atoms with Crippen LogP contribution in [0.4, 0.5) is 35.1 Å². The van der Waals surface area contributed by atoms with Crippen LogP contribution >= 0.6 is 45.9 Å². The topological polar surface area (TPSA) is 243 Å². The molecule has 8 heterocycles. The smallest absolute Gasteiger partial charge is 0.306 e. The SMILES string of the molecule is CS(=O)(=O)Oc1cccc(Cl)c1[C@H]1CC(c2csc(C3CCN(C(=O)Cn4nc(C(F)F)cc4C(F)F)CC3)n2)=NO1.O=C(Cn1nc(C(F)F)cc1C(F)F)N1CCC(c2nc(C3=NO[C@@H](c4c(Cl)cccc4CS(=O)(=O)O)C3)cs2)CC1. The van der Waals surface area contributed by atoms with Crippen LogP contribution in [0.2, 0.25) is 10.0 Å². The maximum absolute atomic E-state index is 13.3. The first-order valence-corrected chi connectivity index (χ1v) is 31.3. The van der Waals surface area contributed by atoms with Gasteiger partial charge in [0.05, 0.1) is 38.2 Å². The lowest BCUT2D eigenvalue weighted by molar-refractivity contribution is -0.134. The summed E-state index contributed by atoms with van der Waals surface area (Å²) in [6.45, 7) is 0.236. The van der Waals surface area contributed by atoms with Gasteiger partial charge in [0.15, 0.2) is 18.0 Å². The van der Waals surface area contributed by atoms with E-state index in [4.69, 9.17) is 47.0 Å². The van der Waals surface area contributed by atoms with E-state index in [1.54, 1.807) is 30.3 Å². The molecule has 1 N–H and O–H groups in total. The van der Waals surface area contributed by atoms with Crippen LogP contribution in [0.3, 0.4) is 0 Å². The Labute approximate surface area is 491 Å². The highest BCUT2D eigenvalue weighted by Crippen LogP contribution is 2.42. The molecule has 10 rings (SSSR count). The van der Waals surface area contributed by atoms with Gasteiger partial charge in [-0.3, -0.25) is 23.5 Å². The average molecular weight is 1300 g/mol. The normalized spacial score (nSPS) is 18.1. The van der Waals surface area contributed by atoms with E-state index in [2.05, 4.69) is 20.5 Å². The third-order valence-electron chi connectivity index (χ3n) is 13.9. The van der Waals surface area contributed by atoms with E-state index < -0.39 is 112 Å². The number of likely N-dealkylation sites (tertiary alicyclic amines) is 2. The van der Waals surface area contributed by atoms with Crippen molar-refractivity contribution in [3.05, 3.63) is 130 Å².